The first-order chi connectivity index (χ1) is 8.58. The topological polar surface area (TPSA) is 52.6 Å². The van der Waals surface area contributed by atoms with Gasteiger partial charge in [-0.05, 0) is 19.1 Å². The molecule has 0 aliphatic heterocycles. The molecule has 1 aromatic carbocycles. The van der Waals surface area contributed by atoms with Crippen LogP contribution in [0.25, 0.3) is 0 Å². The summed E-state index contributed by atoms with van der Waals surface area (Å²) in [5.41, 5.74) is 0.553. The van der Waals surface area contributed by atoms with Crippen molar-refractivity contribution < 1.29 is 19.1 Å². The van der Waals surface area contributed by atoms with Crippen molar-refractivity contribution in [3.63, 3.8) is 0 Å². The lowest BCUT2D eigenvalue weighted by molar-refractivity contribution is -0.141. The number of Topliss-reactive ketones (excluding diaryl/α,β-unsaturated/α-hetero) is 1. The molecule has 0 saturated carbocycles. The first kappa shape index (κ1) is 14.2. The fraction of sp³-hybridized carbons (Fsp3) is 0.429. The molecule has 98 valence electrons. The van der Waals surface area contributed by atoms with Gasteiger partial charge in [-0.15, -0.1) is 0 Å². The van der Waals surface area contributed by atoms with Gasteiger partial charge in [-0.1, -0.05) is 19.1 Å². The van der Waals surface area contributed by atoms with Crippen molar-refractivity contribution in [1.29, 1.82) is 0 Å². The monoisotopic (exact) mass is 250 g/mol. The van der Waals surface area contributed by atoms with Crippen molar-refractivity contribution in [2.45, 2.75) is 20.3 Å². The zero-order valence-electron chi connectivity index (χ0n) is 10.9. The highest BCUT2D eigenvalue weighted by Crippen LogP contribution is 2.18. The molecule has 4 heteroatoms. The number of carbonyl (C=O) groups is 2. The standard InChI is InChI=1S/C14H18O4/c1-4-18-12-7-5-6-11(9-12)14(16)10(2)8-13(15)17-3/h5-7,9-10H,4,8H2,1-3H3. The van der Waals surface area contributed by atoms with E-state index in [1.165, 1.54) is 7.11 Å². The van der Waals surface area contributed by atoms with E-state index in [2.05, 4.69) is 4.74 Å². The Hall–Kier alpha value is -1.84. The minimum atomic E-state index is -0.394. The molecule has 1 unspecified atom stereocenters. The molecule has 0 amide bonds. The molecule has 0 saturated heterocycles. The highest BCUT2D eigenvalue weighted by molar-refractivity contribution is 5.99. The summed E-state index contributed by atoms with van der Waals surface area (Å²) < 4.78 is 9.89. The molecular formula is C14H18O4. The highest BCUT2D eigenvalue weighted by Gasteiger charge is 2.19. The summed E-state index contributed by atoms with van der Waals surface area (Å²) in [5.74, 6) is -0.193. The Morgan fingerprint density at radius 1 is 1.33 bits per heavy atom. The zero-order chi connectivity index (χ0) is 13.5. The third-order valence-electron chi connectivity index (χ3n) is 2.58. The van der Waals surface area contributed by atoms with Crippen molar-refractivity contribution in [3.8, 4) is 5.75 Å². The highest BCUT2D eigenvalue weighted by atomic mass is 16.5. The van der Waals surface area contributed by atoms with Crippen molar-refractivity contribution in [2.24, 2.45) is 5.92 Å². The van der Waals surface area contributed by atoms with Crippen LogP contribution in [0.2, 0.25) is 0 Å². The Balaban J connectivity index is 2.76. The van der Waals surface area contributed by atoms with Gasteiger partial charge >= 0.3 is 5.97 Å². The van der Waals surface area contributed by atoms with E-state index in [1.807, 2.05) is 6.92 Å². The number of hydrogen-bond acceptors (Lipinski definition) is 4. The number of benzene rings is 1. The minimum Gasteiger partial charge on any atom is -0.494 e. The average molecular weight is 250 g/mol. The Labute approximate surface area is 107 Å². The molecule has 1 atom stereocenters. The van der Waals surface area contributed by atoms with Crippen LogP contribution in [0.15, 0.2) is 24.3 Å². The number of esters is 1. The van der Waals surface area contributed by atoms with Gasteiger partial charge in [-0.3, -0.25) is 9.59 Å². The van der Waals surface area contributed by atoms with Crippen LogP contribution >= 0.6 is 0 Å². The van der Waals surface area contributed by atoms with E-state index in [0.29, 0.717) is 17.9 Å². The summed E-state index contributed by atoms with van der Waals surface area (Å²) in [4.78, 5) is 23.2. The molecule has 18 heavy (non-hydrogen) atoms. The van der Waals surface area contributed by atoms with Crippen LogP contribution < -0.4 is 4.74 Å². The maximum absolute atomic E-state index is 12.1. The van der Waals surface area contributed by atoms with Gasteiger partial charge in [0.1, 0.15) is 5.75 Å². The summed E-state index contributed by atoms with van der Waals surface area (Å²) >= 11 is 0. The maximum atomic E-state index is 12.1. The van der Waals surface area contributed by atoms with E-state index in [4.69, 9.17) is 4.74 Å². The molecular weight excluding hydrogens is 232 g/mol. The number of ether oxygens (including phenoxy) is 2. The van der Waals surface area contributed by atoms with Crippen LogP contribution in [0.3, 0.4) is 0 Å². The Morgan fingerprint density at radius 2 is 2.06 bits per heavy atom. The van der Waals surface area contributed by atoms with Crippen molar-refractivity contribution in [2.75, 3.05) is 13.7 Å². The molecule has 1 aromatic rings. The lowest BCUT2D eigenvalue weighted by Gasteiger charge is -2.10. The summed E-state index contributed by atoms with van der Waals surface area (Å²) in [6.07, 6.45) is 0.0915. The third-order valence-corrected chi connectivity index (χ3v) is 2.58. The summed E-state index contributed by atoms with van der Waals surface area (Å²) in [6, 6.07) is 6.98. The Morgan fingerprint density at radius 3 is 2.67 bits per heavy atom. The Kier molecular flexibility index (Phi) is 5.36. The van der Waals surface area contributed by atoms with Gasteiger partial charge in [0, 0.05) is 11.5 Å². The smallest absolute Gasteiger partial charge is 0.306 e. The molecule has 0 aromatic heterocycles. The second kappa shape index (κ2) is 6.79. The van der Waals surface area contributed by atoms with E-state index in [1.54, 1.807) is 31.2 Å². The van der Waals surface area contributed by atoms with Crippen molar-refractivity contribution in [1.82, 2.24) is 0 Å². The zero-order valence-corrected chi connectivity index (χ0v) is 10.9. The van der Waals surface area contributed by atoms with Crippen LogP contribution in [-0.2, 0) is 9.53 Å². The molecule has 0 spiro atoms. The fourth-order valence-corrected chi connectivity index (χ4v) is 1.62. The first-order valence-electron chi connectivity index (χ1n) is 5.92. The van der Waals surface area contributed by atoms with Gasteiger partial charge in [-0.2, -0.15) is 0 Å². The van der Waals surface area contributed by atoms with Gasteiger partial charge in [-0.25, -0.2) is 0 Å². The first-order valence-corrected chi connectivity index (χ1v) is 5.92. The molecule has 0 heterocycles. The van der Waals surface area contributed by atoms with Crippen molar-refractivity contribution in [3.05, 3.63) is 29.8 Å². The summed E-state index contributed by atoms with van der Waals surface area (Å²) in [6.45, 7) is 4.15. The van der Waals surface area contributed by atoms with E-state index in [9.17, 15) is 9.59 Å². The van der Waals surface area contributed by atoms with E-state index in [0.717, 1.165) is 0 Å². The SMILES string of the molecule is CCOc1cccc(C(=O)C(C)CC(=O)OC)c1. The summed E-state index contributed by atoms with van der Waals surface area (Å²) in [7, 11) is 1.31. The third kappa shape index (κ3) is 3.87. The second-order valence-corrected chi connectivity index (χ2v) is 4.01. The number of carbonyl (C=O) groups excluding carboxylic acids is 2. The molecule has 0 radical (unpaired) electrons. The summed E-state index contributed by atoms with van der Waals surface area (Å²) in [5, 5.41) is 0. The van der Waals surface area contributed by atoms with Gasteiger partial charge < -0.3 is 9.47 Å². The molecule has 4 nitrogen and oxygen atoms in total. The lowest BCUT2D eigenvalue weighted by atomic mass is 9.96. The minimum absolute atomic E-state index is 0.0815. The molecule has 0 N–H and O–H groups in total. The van der Waals surface area contributed by atoms with Crippen LogP contribution in [0.4, 0.5) is 0 Å². The Bertz CT molecular complexity index is 426. The number of rotatable bonds is 6. The van der Waals surface area contributed by atoms with Crippen LogP contribution in [0, 0.1) is 5.92 Å². The van der Waals surface area contributed by atoms with E-state index >= 15 is 0 Å². The van der Waals surface area contributed by atoms with Crippen molar-refractivity contribution >= 4 is 11.8 Å². The number of ketones is 1. The van der Waals surface area contributed by atoms with Gasteiger partial charge in [0.15, 0.2) is 5.78 Å². The van der Waals surface area contributed by atoms with Gasteiger partial charge in [0.2, 0.25) is 0 Å². The molecule has 0 fully saturated rings. The lowest BCUT2D eigenvalue weighted by Crippen LogP contribution is -2.16. The average Bonchev–Trinajstić information content (AvgIpc) is 2.38. The fourth-order valence-electron chi connectivity index (χ4n) is 1.62. The van der Waals surface area contributed by atoms with Crippen LogP contribution in [0.5, 0.6) is 5.75 Å². The normalized spacial score (nSPS) is 11.7. The van der Waals surface area contributed by atoms with Gasteiger partial charge in [0.05, 0.1) is 20.1 Å². The quantitative estimate of drug-likeness (QED) is 0.575. The van der Waals surface area contributed by atoms with Gasteiger partial charge in [0.25, 0.3) is 0 Å². The maximum Gasteiger partial charge on any atom is 0.306 e. The number of methoxy groups -OCH3 is 1. The second-order valence-electron chi connectivity index (χ2n) is 4.01. The number of hydrogen-bond donors (Lipinski definition) is 0. The predicted octanol–water partition coefficient (Wildman–Crippen LogP) is 2.47. The molecule has 0 bridgehead atoms. The van der Waals surface area contributed by atoms with Crippen LogP contribution in [-0.4, -0.2) is 25.5 Å². The molecule has 1 rings (SSSR count). The van der Waals surface area contributed by atoms with Crippen LogP contribution in [0.1, 0.15) is 30.6 Å². The molecule has 0 aliphatic carbocycles. The molecule has 0 aliphatic rings. The van der Waals surface area contributed by atoms with E-state index < -0.39 is 5.92 Å². The van der Waals surface area contributed by atoms with E-state index in [-0.39, 0.29) is 18.2 Å². The predicted molar refractivity (Wildman–Crippen MR) is 67.7 cm³/mol. The largest absolute Gasteiger partial charge is 0.494 e.